The third-order valence-corrected chi connectivity index (χ3v) is 16.3. The summed E-state index contributed by atoms with van der Waals surface area (Å²) in [4.78, 5) is 62.0. The van der Waals surface area contributed by atoms with Gasteiger partial charge in [0.1, 0.15) is 0 Å². The molecule has 0 unspecified atom stereocenters. The van der Waals surface area contributed by atoms with Crippen LogP contribution >= 0.6 is 0 Å². The summed E-state index contributed by atoms with van der Waals surface area (Å²) < 4.78 is 8.86. The number of benzene rings is 2. The number of hydrogen-bond acceptors (Lipinski definition) is 9. The van der Waals surface area contributed by atoms with Crippen LogP contribution < -0.4 is 0 Å². The number of ether oxygens (including phenoxy) is 1. The highest BCUT2D eigenvalue weighted by Crippen LogP contribution is 2.34. The molecule has 452 valence electrons. The summed E-state index contributed by atoms with van der Waals surface area (Å²) in [7, 11) is 1.41. The molecule has 8 rings (SSSR count). The van der Waals surface area contributed by atoms with Gasteiger partial charge in [-0.2, -0.15) is 10.2 Å². The van der Waals surface area contributed by atoms with Gasteiger partial charge in [-0.15, -0.1) is 0 Å². The van der Waals surface area contributed by atoms with Crippen molar-refractivity contribution in [1.29, 1.82) is 0 Å². The number of esters is 1. The number of ketones is 1. The summed E-state index contributed by atoms with van der Waals surface area (Å²) in [5.41, 5.74) is 9.94. The summed E-state index contributed by atoms with van der Waals surface area (Å²) in [6.45, 7) is 33.1. The zero-order valence-corrected chi connectivity index (χ0v) is 53.0. The Morgan fingerprint density at radius 2 is 0.880 bits per heavy atom. The van der Waals surface area contributed by atoms with E-state index in [1.807, 2.05) is 112 Å². The lowest BCUT2D eigenvalue weighted by Gasteiger charge is -2.26. The van der Waals surface area contributed by atoms with Crippen LogP contribution in [0.3, 0.4) is 0 Å². The molecule has 6 heterocycles. The standard InChI is InChI=1S/C34H48N4O3.C34H48N4O2.C2H6/c1-25(2)15-21-37(22-16-26(3)4)33(39)27-17-23-38-31(24-27)30(14-11-20-36-18-9-6-10-19-36)32(35-38)28-12-7-8-13-29(28)34(40)41-5;1-25(2)15-21-37(22-16-26(3)4)34(40)28-17-23-38-32(24-28)31(14-11-20-36-18-9-6-10-19-36)33(35-38)30-13-8-7-12-29(30)27(5)39;1-2/h7-8,12-13,17,23-26H,6,9-11,14-16,18-22H2,1-5H3;7-8,12-13,17,23-26H,6,9-11,14-16,18-22H2,1-5H3;1-2H3. The minimum absolute atomic E-state index is 0.0359. The lowest BCUT2D eigenvalue weighted by atomic mass is 9.96. The Bertz CT molecular complexity index is 2970. The number of pyridine rings is 2. The van der Waals surface area contributed by atoms with E-state index >= 15 is 0 Å². The molecule has 2 aliphatic rings. The summed E-state index contributed by atoms with van der Waals surface area (Å²) in [6.07, 6.45) is 19.2. The third kappa shape index (κ3) is 18.9. The van der Waals surface area contributed by atoms with Gasteiger partial charge in [-0.05, 0) is 177 Å². The van der Waals surface area contributed by atoms with E-state index in [0.29, 0.717) is 45.9 Å². The zero-order valence-electron chi connectivity index (χ0n) is 53.0. The molecule has 83 heavy (non-hydrogen) atoms. The van der Waals surface area contributed by atoms with Gasteiger partial charge in [0.15, 0.2) is 5.78 Å². The molecule has 0 N–H and O–H groups in total. The maximum Gasteiger partial charge on any atom is 0.338 e. The summed E-state index contributed by atoms with van der Waals surface area (Å²) in [5, 5.41) is 9.94. The third-order valence-electron chi connectivity index (χ3n) is 16.3. The van der Waals surface area contributed by atoms with E-state index in [-0.39, 0.29) is 23.6 Å². The van der Waals surface area contributed by atoms with Gasteiger partial charge < -0.3 is 24.3 Å². The fourth-order valence-electron chi connectivity index (χ4n) is 11.3. The Morgan fingerprint density at radius 1 is 0.518 bits per heavy atom. The zero-order chi connectivity index (χ0) is 60.0. The van der Waals surface area contributed by atoms with E-state index in [2.05, 4.69) is 65.2 Å². The summed E-state index contributed by atoms with van der Waals surface area (Å²) >= 11 is 0. The van der Waals surface area contributed by atoms with Crippen molar-refractivity contribution >= 4 is 34.6 Å². The Balaban J connectivity index is 0.000000259. The highest BCUT2D eigenvalue weighted by Gasteiger charge is 2.26. The smallest absolute Gasteiger partial charge is 0.338 e. The van der Waals surface area contributed by atoms with Crippen molar-refractivity contribution in [3.63, 3.8) is 0 Å². The number of Topliss-reactive ketones (excluding diaryl/α,β-unsaturated/α-hetero) is 1. The van der Waals surface area contributed by atoms with E-state index in [1.54, 1.807) is 13.0 Å². The monoisotopic (exact) mass is 1130 g/mol. The first kappa shape index (κ1) is 66.0. The first-order valence-corrected chi connectivity index (χ1v) is 31.9. The van der Waals surface area contributed by atoms with E-state index in [0.717, 1.165) is 148 Å². The predicted octanol–water partition coefficient (Wildman–Crippen LogP) is 14.9. The van der Waals surface area contributed by atoms with Crippen molar-refractivity contribution < 1.29 is 23.9 Å². The van der Waals surface area contributed by atoms with Crippen molar-refractivity contribution in [2.75, 3.05) is 72.6 Å². The van der Waals surface area contributed by atoms with E-state index < -0.39 is 0 Å². The van der Waals surface area contributed by atoms with Gasteiger partial charge in [-0.25, -0.2) is 13.8 Å². The largest absolute Gasteiger partial charge is 0.465 e. The molecule has 0 saturated carbocycles. The number of rotatable bonds is 26. The van der Waals surface area contributed by atoms with Crippen LogP contribution in [-0.2, 0) is 17.6 Å². The highest BCUT2D eigenvalue weighted by molar-refractivity contribution is 6.02. The Kier molecular flexibility index (Phi) is 26.5. The van der Waals surface area contributed by atoms with Crippen LogP contribution in [0.4, 0.5) is 0 Å². The molecule has 2 aromatic carbocycles. The van der Waals surface area contributed by atoms with Crippen LogP contribution in [0.25, 0.3) is 33.5 Å². The second-order valence-corrected chi connectivity index (χ2v) is 24.6. The number of aryl methyl sites for hydroxylation is 2. The quantitative estimate of drug-likeness (QED) is 0.0385. The number of aromatic nitrogens is 4. The van der Waals surface area contributed by atoms with Gasteiger partial charge in [0.05, 0.1) is 35.1 Å². The van der Waals surface area contributed by atoms with E-state index in [4.69, 9.17) is 14.9 Å². The molecule has 0 bridgehead atoms. The number of carbonyl (C=O) groups is 4. The molecule has 4 aromatic heterocycles. The van der Waals surface area contributed by atoms with Crippen molar-refractivity contribution in [3.8, 4) is 22.5 Å². The molecule has 6 aromatic rings. The first-order chi connectivity index (χ1) is 40.0. The fraction of sp³-hybridized carbons (Fsp3) is 0.571. The SMILES string of the molecule is CC.CC(=O)c1ccccc1-c1nn2ccc(C(=O)N(CCC(C)C)CCC(C)C)cc2c1CCCN1CCCCC1.COC(=O)c1ccccc1-c1nn2ccc(C(=O)N(CCC(C)C)CCC(C)C)cc2c1CCCN1CCCCC1. The second kappa shape index (κ2) is 33.3. The molecule has 13 heteroatoms. The topological polar surface area (TPSA) is 125 Å². The first-order valence-electron chi connectivity index (χ1n) is 31.9. The number of amides is 2. The van der Waals surface area contributed by atoms with Crippen LogP contribution in [0, 0.1) is 23.7 Å². The minimum atomic E-state index is -0.376. The van der Waals surface area contributed by atoms with Gasteiger partial charge in [0.2, 0.25) is 0 Å². The van der Waals surface area contributed by atoms with Crippen LogP contribution in [-0.4, -0.2) is 135 Å². The lowest BCUT2D eigenvalue weighted by Crippen LogP contribution is -2.34. The molecular weight excluding hydrogens is 1030 g/mol. The maximum absolute atomic E-state index is 13.8. The predicted molar refractivity (Wildman–Crippen MR) is 341 cm³/mol. The number of nitrogens with zero attached hydrogens (tertiary/aromatic N) is 8. The van der Waals surface area contributed by atoms with Crippen molar-refractivity contribution in [2.45, 2.75) is 166 Å². The van der Waals surface area contributed by atoms with Crippen LogP contribution in [0.1, 0.15) is 206 Å². The molecule has 0 spiro atoms. The number of hydrogen-bond donors (Lipinski definition) is 0. The van der Waals surface area contributed by atoms with Crippen LogP contribution in [0.2, 0.25) is 0 Å². The lowest BCUT2D eigenvalue weighted by molar-refractivity contribution is 0.0600. The van der Waals surface area contributed by atoms with Gasteiger partial charge in [-0.1, -0.05) is 125 Å². The van der Waals surface area contributed by atoms with Crippen LogP contribution in [0.5, 0.6) is 0 Å². The van der Waals surface area contributed by atoms with E-state index in [1.165, 1.54) is 58.7 Å². The van der Waals surface area contributed by atoms with Crippen LogP contribution in [0.15, 0.2) is 85.2 Å². The number of carbonyl (C=O) groups excluding carboxylic acids is 4. The molecule has 2 fully saturated rings. The molecule has 0 aliphatic carbocycles. The second-order valence-electron chi connectivity index (χ2n) is 24.6. The van der Waals surface area contributed by atoms with Gasteiger partial charge in [0, 0.05) is 77.5 Å². The molecule has 13 nitrogen and oxygen atoms in total. The van der Waals surface area contributed by atoms with Crippen molar-refractivity contribution in [1.82, 2.24) is 38.8 Å². The molecule has 2 aliphatic heterocycles. The Hall–Kier alpha value is -6.18. The average molecular weight is 1140 g/mol. The fourth-order valence-corrected chi connectivity index (χ4v) is 11.3. The number of likely N-dealkylation sites (tertiary alicyclic amines) is 2. The van der Waals surface area contributed by atoms with Crippen molar-refractivity contribution in [2.24, 2.45) is 23.7 Å². The highest BCUT2D eigenvalue weighted by atomic mass is 16.5. The van der Waals surface area contributed by atoms with Crippen molar-refractivity contribution in [3.05, 3.63) is 119 Å². The number of piperidine rings is 2. The molecular formula is C70H102N8O5. The number of fused-ring (bicyclic) bond motifs is 2. The Morgan fingerprint density at radius 3 is 1.24 bits per heavy atom. The average Bonchev–Trinajstić information content (AvgIpc) is 4.11. The molecule has 2 amide bonds. The normalized spacial score (nSPS) is 14.0. The maximum atomic E-state index is 13.8. The van der Waals surface area contributed by atoms with E-state index in [9.17, 15) is 19.2 Å². The molecule has 0 atom stereocenters. The summed E-state index contributed by atoms with van der Waals surface area (Å²) in [6, 6.07) is 23.1. The van der Waals surface area contributed by atoms with Gasteiger partial charge >= 0.3 is 5.97 Å². The summed E-state index contributed by atoms with van der Waals surface area (Å²) in [5.74, 6) is 1.98. The molecule has 0 radical (unpaired) electrons. The minimum Gasteiger partial charge on any atom is -0.465 e. The molecule has 2 saturated heterocycles. The van der Waals surface area contributed by atoms with Gasteiger partial charge in [-0.3, -0.25) is 14.4 Å². The number of methoxy groups -OCH3 is 1. The van der Waals surface area contributed by atoms with Gasteiger partial charge in [0.25, 0.3) is 11.8 Å². The Labute approximate surface area is 498 Å².